The fraction of sp³-hybridized carbons (Fsp3) is 0.833. The molecule has 0 aliphatic heterocycles. The third kappa shape index (κ3) is 4.00. The van der Waals surface area contributed by atoms with Crippen molar-refractivity contribution in [2.45, 2.75) is 45.6 Å². The van der Waals surface area contributed by atoms with Gasteiger partial charge in [-0.25, -0.2) is 0 Å². The molecule has 1 fully saturated rings. The predicted molar refractivity (Wildman–Crippen MR) is 64.4 cm³/mol. The van der Waals surface area contributed by atoms with Crippen molar-refractivity contribution in [1.82, 2.24) is 5.32 Å². The van der Waals surface area contributed by atoms with Crippen molar-refractivity contribution in [3.8, 4) is 0 Å². The second kappa shape index (κ2) is 5.49. The maximum atomic E-state index is 11.7. The van der Waals surface area contributed by atoms with E-state index in [1.54, 1.807) is 13.8 Å². The van der Waals surface area contributed by atoms with Crippen LogP contribution in [0.5, 0.6) is 0 Å². The number of amides is 1. The summed E-state index contributed by atoms with van der Waals surface area (Å²) in [5.41, 5.74) is 4.84. The van der Waals surface area contributed by atoms with E-state index in [1.165, 1.54) is 0 Å². The number of carboxylic acids is 1. The molecule has 98 valence electrons. The number of hydrogen-bond donors (Lipinski definition) is 3. The van der Waals surface area contributed by atoms with E-state index in [9.17, 15) is 9.59 Å². The molecule has 0 bridgehead atoms. The number of nitrogens with one attached hydrogen (secondary N) is 1. The lowest BCUT2D eigenvalue weighted by molar-refractivity contribution is -0.148. The predicted octanol–water partition coefficient (Wildman–Crippen LogP) is 0.731. The number of carboxylic acid groups (broad SMARTS) is 1. The molecule has 17 heavy (non-hydrogen) atoms. The highest BCUT2D eigenvalue weighted by molar-refractivity contribution is 5.82. The number of carbonyl (C=O) groups excluding carboxylic acids is 1. The maximum absolute atomic E-state index is 11.7. The lowest BCUT2D eigenvalue weighted by Gasteiger charge is -2.24. The molecule has 1 unspecified atom stereocenters. The molecule has 1 aliphatic carbocycles. The van der Waals surface area contributed by atoms with Crippen LogP contribution in [-0.2, 0) is 9.59 Å². The molecule has 4 N–H and O–H groups in total. The minimum atomic E-state index is -0.908. The molecular formula is C12H22N2O3. The summed E-state index contributed by atoms with van der Waals surface area (Å²) in [6.07, 6.45) is 3.49. The second-order valence-corrected chi connectivity index (χ2v) is 5.22. The van der Waals surface area contributed by atoms with Crippen molar-refractivity contribution in [3.63, 3.8) is 0 Å². The highest BCUT2D eigenvalue weighted by Gasteiger charge is 2.33. The minimum absolute atomic E-state index is 0.135. The quantitative estimate of drug-likeness (QED) is 0.613. The standard InChI is InChI=1S/C12H22N2O3/c1-3-12(2,11(16)17)7-14-10(15)9(13)6-8-4-5-8/h8-9H,3-7,13H2,1-2H3,(H,14,15)(H,16,17)/t9-,12?/m0/s1. The molecule has 0 aromatic rings. The lowest BCUT2D eigenvalue weighted by Crippen LogP contribution is -2.47. The normalized spacial score (nSPS) is 20.4. The van der Waals surface area contributed by atoms with Crippen LogP contribution in [0.3, 0.4) is 0 Å². The van der Waals surface area contributed by atoms with Crippen molar-refractivity contribution in [1.29, 1.82) is 0 Å². The summed E-state index contributed by atoms with van der Waals surface area (Å²) in [7, 11) is 0. The molecule has 1 rings (SSSR count). The Bertz CT molecular complexity index is 302. The molecule has 0 heterocycles. The first-order valence-corrected chi connectivity index (χ1v) is 6.15. The zero-order valence-electron chi connectivity index (χ0n) is 10.5. The van der Waals surface area contributed by atoms with Gasteiger partial charge >= 0.3 is 5.97 Å². The summed E-state index contributed by atoms with van der Waals surface area (Å²) >= 11 is 0. The van der Waals surface area contributed by atoms with E-state index in [1.807, 2.05) is 0 Å². The fourth-order valence-electron chi connectivity index (χ4n) is 1.58. The molecule has 5 heteroatoms. The van der Waals surface area contributed by atoms with Gasteiger partial charge in [-0.3, -0.25) is 9.59 Å². The van der Waals surface area contributed by atoms with Crippen LogP contribution in [0.1, 0.15) is 39.5 Å². The first kappa shape index (κ1) is 14.0. The molecule has 0 aromatic heterocycles. The number of hydrogen-bond acceptors (Lipinski definition) is 3. The molecule has 1 amide bonds. The maximum Gasteiger partial charge on any atom is 0.311 e. The van der Waals surface area contributed by atoms with Gasteiger partial charge in [0.15, 0.2) is 0 Å². The Morgan fingerprint density at radius 2 is 2.12 bits per heavy atom. The van der Waals surface area contributed by atoms with Gasteiger partial charge in [0.25, 0.3) is 0 Å². The first-order chi connectivity index (χ1) is 7.89. The van der Waals surface area contributed by atoms with Crippen molar-refractivity contribution >= 4 is 11.9 Å². The molecular weight excluding hydrogens is 220 g/mol. The SMILES string of the molecule is CCC(C)(CNC(=O)[C@@H](N)CC1CC1)C(=O)O. The van der Waals surface area contributed by atoms with Gasteiger partial charge in [0.1, 0.15) is 0 Å². The average molecular weight is 242 g/mol. The van der Waals surface area contributed by atoms with E-state index < -0.39 is 17.4 Å². The third-order valence-corrected chi connectivity index (χ3v) is 3.57. The second-order valence-electron chi connectivity index (χ2n) is 5.22. The van der Waals surface area contributed by atoms with Crippen LogP contribution in [0.4, 0.5) is 0 Å². The number of rotatable bonds is 7. The molecule has 5 nitrogen and oxygen atoms in total. The average Bonchev–Trinajstić information content (AvgIpc) is 3.08. The molecule has 0 saturated heterocycles. The van der Waals surface area contributed by atoms with Crippen LogP contribution < -0.4 is 11.1 Å². The fourth-order valence-corrected chi connectivity index (χ4v) is 1.58. The van der Waals surface area contributed by atoms with Crippen molar-refractivity contribution < 1.29 is 14.7 Å². The topological polar surface area (TPSA) is 92.4 Å². The highest BCUT2D eigenvalue weighted by Crippen LogP contribution is 2.33. The number of carbonyl (C=O) groups is 2. The van der Waals surface area contributed by atoms with Gasteiger partial charge in [0, 0.05) is 6.54 Å². The van der Waals surface area contributed by atoms with Crippen LogP contribution in [0.15, 0.2) is 0 Å². The van der Waals surface area contributed by atoms with Gasteiger partial charge in [-0.2, -0.15) is 0 Å². The number of aliphatic carboxylic acids is 1. The van der Waals surface area contributed by atoms with E-state index in [2.05, 4.69) is 5.32 Å². The van der Waals surface area contributed by atoms with Crippen LogP contribution in [0, 0.1) is 11.3 Å². The largest absolute Gasteiger partial charge is 0.481 e. The van der Waals surface area contributed by atoms with Gasteiger partial charge in [-0.05, 0) is 25.7 Å². The van der Waals surface area contributed by atoms with Gasteiger partial charge in [-0.15, -0.1) is 0 Å². The van der Waals surface area contributed by atoms with Crippen LogP contribution in [0.2, 0.25) is 0 Å². The Morgan fingerprint density at radius 3 is 2.53 bits per heavy atom. The Balaban J connectivity index is 2.37. The monoisotopic (exact) mass is 242 g/mol. The molecule has 1 aliphatic rings. The summed E-state index contributed by atoms with van der Waals surface area (Å²) in [5, 5.41) is 11.7. The smallest absolute Gasteiger partial charge is 0.311 e. The summed E-state index contributed by atoms with van der Waals surface area (Å²) in [6, 6.07) is -0.502. The van der Waals surface area contributed by atoms with E-state index >= 15 is 0 Å². The van der Waals surface area contributed by atoms with Gasteiger partial charge in [0.2, 0.25) is 5.91 Å². The van der Waals surface area contributed by atoms with E-state index in [4.69, 9.17) is 10.8 Å². The zero-order chi connectivity index (χ0) is 13.1. The summed E-state index contributed by atoms with van der Waals surface area (Å²) in [5.74, 6) is -0.540. The van der Waals surface area contributed by atoms with Gasteiger partial charge < -0.3 is 16.2 Å². The summed E-state index contributed by atoms with van der Waals surface area (Å²) < 4.78 is 0. The van der Waals surface area contributed by atoms with Gasteiger partial charge in [0.05, 0.1) is 11.5 Å². The van der Waals surface area contributed by atoms with Crippen molar-refractivity contribution in [2.75, 3.05) is 6.54 Å². The van der Waals surface area contributed by atoms with E-state index in [0.717, 1.165) is 12.8 Å². The Kier molecular flexibility index (Phi) is 4.51. The highest BCUT2D eigenvalue weighted by atomic mass is 16.4. The van der Waals surface area contributed by atoms with E-state index in [-0.39, 0.29) is 12.5 Å². The third-order valence-electron chi connectivity index (χ3n) is 3.57. The van der Waals surface area contributed by atoms with Crippen LogP contribution >= 0.6 is 0 Å². The summed E-state index contributed by atoms with van der Waals surface area (Å²) in [6.45, 7) is 3.56. The lowest BCUT2D eigenvalue weighted by atomic mass is 9.87. The first-order valence-electron chi connectivity index (χ1n) is 6.15. The molecule has 0 spiro atoms. The van der Waals surface area contributed by atoms with E-state index in [0.29, 0.717) is 18.8 Å². The minimum Gasteiger partial charge on any atom is -0.481 e. The Hall–Kier alpha value is -1.10. The number of nitrogens with two attached hydrogens (primary N) is 1. The molecule has 1 saturated carbocycles. The Morgan fingerprint density at radius 1 is 1.53 bits per heavy atom. The molecule has 0 radical (unpaired) electrons. The van der Waals surface area contributed by atoms with Crippen LogP contribution in [-0.4, -0.2) is 29.6 Å². The molecule has 2 atom stereocenters. The molecule has 0 aromatic carbocycles. The van der Waals surface area contributed by atoms with Crippen LogP contribution in [0.25, 0.3) is 0 Å². The van der Waals surface area contributed by atoms with Gasteiger partial charge in [-0.1, -0.05) is 19.8 Å². The summed E-state index contributed by atoms with van der Waals surface area (Å²) in [4.78, 5) is 22.7. The Labute approximate surface area is 102 Å². The van der Waals surface area contributed by atoms with Crippen molar-refractivity contribution in [3.05, 3.63) is 0 Å². The van der Waals surface area contributed by atoms with Crippen molar-refractivity contribution in [2.24, 2.45) is 17.1 Å². The zero-order valence-corrected chi connectivity index (χ0v) is 10.5.